The fraction of sp³-hybridized carbons (Fsp3) is 0.227. The van der Waals surface area contributed by atoms with E-state index in [0.717, 1.165) is 16.9 Å². The number of nitrogens with zero attached hydrogens (tertiary/aromatic N) is 1. The Balaban J connectivity index is 1.85. The van der Waals surface area contributed by atoms with E-state index in [4.69, 9.17) is 16.3 Å². The van der Waals surface area contributed by atoms with Gasteiger partial charge >= 0.3 is 6.09 Å². The molecule has 1 aromatic heterocycles. The summed E-state index contributed by atoms with van der Waals surface area (Å²) >= 11 is 6.01. The van der Waals surface area contributed by atoms with E-state index in [9.17, 15) is 14.4 Å². The molecule has 0 fully saturated rings. The van der Waals surface area contributed by atoms with Crippen LogP contribution in [0.3, 0.4) is 0 Å². The monoisotopic (exact) mass is 443 g/mol. The van der Waals surface area contributed by atoms with E-state index in [1.54, 1.807) is 31.2 Å². The highest BCUT2D eigenvalue weighted by atomic mass is 35.5. The number of hydrogen-bond acceptors (Lipinski definition) is 5. The maximum absolute atomic E-state index is 12.4. The standard InChI is InChI=1S/C22H22ClN3O5/c1-4-30-22(29)25-24-20(28)12-31-17-9-10-19-18(11-17)21(14(3)27)13(2)26(19)16-7-5-15(23)6-8-16/h5-11H,4,12H2,1-3H3,(H,24,28)(H,25,29). The van der Waals surface area contributed by atoms with Gasteiger partial charge in [-0.05, 0) is 63.2 Å². The van der Waals surface area contributed by atoms with Crippen molar-refractivity contribution >= 4 is 40.3 Å². The number of halogens is 1. The minimum absolute atomic E-state index is 0.0799. The molecule has 0 atom stereocenters. The summed E-state index contributed by atoms with van der Waals surface area (Å²) in [6.45, 7) is 4.89. The van der Waals surface area contributed by atoms with Gasteiger partial charge in [-0.1, -0.05) is 11.6 Å². The molecule has 0 bridgehead atoms. The Morgan fingerprint density at radius 3 is 2.42 bits per heavy atom. The number of ketones is 1. The lowest BCUT2D eigenvalue weighted by Crippen LogP contribution is -2.44. The fourth-order valence-electron chi connectivity index (χ4n) is 3.33. The lowest BCUT2D eigenvalue weighted by atomic mass is 10.1. The molecule has 0 radical (unpaired) electrons. The number of carbonyl (C=O) groups excluding carboxylic acids is 3. The van der Waals surface area contributed by atoms with E-state index in [-0.39, 0.29) is 19.0 Å². The zero-order chi connectivity index (χ0) is 22.5. The normalized spacial score (nSPS) is 10.6. The van der Waals surface area contributed by atoms with E-state index in [2.05, 4.69) is 15.6 Å². The topological polar surface area (TPSA) is 98.7 Å². The summed E-state index contributed by atoms with van der Waals surface area (Å²) in [6, 6.07) is 12.6. The molecule has 3 rings (SSSR count). The number of hydrogen-bond donors (Lipinski definition) is 2. The van der Waals surface area contributed by atoms with Gasteiger partial charge in [0.2, 0.25) is 0 Å². The van der Waals surface area contributed by atoms with Crippen LogP contribution in [0, 0.1) is 6.92 Å². The molecule has 3 aromatic rings. The highest BCUT2D eigenvalue weighted by Gasteiger charge is 2.19. The number of aromatic nitrogens is 1. The quantitative estimate of drug-likeness (QED) is 0.444. The van der Waals surface area contributed by atoms with Crippen molar-refractivity contribution in [2.75, 3.05) is 13.2 Å². The van der Waals surface area contributed by atoms with Crippen LogP contribution in [0.5, 0.6) is 5.75 Å². The Morgan fingerprint density at radius 2 is 1.77 bits per heavy atom. The number of rotatable bonds is 6. The summed E-state index contributed by atoms with van der Waals surface area (Å²) in [5.74, 6) is -0.229. The molecule has 2 aromatic carbocycles. The highest BCUT2D eigenvalue weighted by molar-refractivity contribution is 6.30. The van der Waals surface area contributed by atoms with Crippen LogP contribution in [0.2, 0.25) is 5.02 Å². The first-order valence-electron chi connectivity index (χ1n) is 9.58. The van der Waals surface area contributed by atoms with Crippen LogP contribution in [-0.2, 0) is 9.53 Å². The average molecular weight is 444 g/mol. The molecular weight excluding hydrogens is 422 g/mol. The van der Waals surface area contributed by atoms with Crippen molar-refractivity contribution in [1.82, 2.24) is 15.4 Å². The van der Waals surface area contributed by atoms with Crippen molar-refractivity contribution in [2.45, 2.75) is 20.8 Å². The Kier molecular flexibility index (Phi) is 6.81. The van der Waals surface area contributed by atoms with Gasteiger partial charge in [0.15, 0.2) is 12.4 Å². The Hall–Kier alpha value is -3.52. The second-order valence-electron chi connectivity index (χ2n) is 6.69. The minimum Gasteiger partial charge on any atom is -0.484 e. The molecule has 0 aliphatic rings. The lowest BCUT2D eigenvalue weighted by molar-refractivity contribution is -0.124. The smallest absolute Gasteiger partial charge is 0.426 e. The molecule has 8 nitrogen and oxygen atoms in total. The van der Waals surface area contributed by atoms with Crippen LogP contribution >= 0.6 is 11.6 Å². The van der Waals surface area contributed by atoms with E-state index >= 15 is 0 Å². The second kappa shape index (κ2) is 9.53. The van der Waals surface area contributed by atoms with Gasteiger partial charge in [0.1, 0.15) is 5.75 Å². The van der Waals surface area contributed by atoms with Crippen molar-refractivity contribution in [3.63, 3.8) is 0 Å². The Bertz CT molecular complexity index is 1140. The van der Waals surface area contributed by atoms with E-state index in [1.165, 1.54) is 6.92 Å². The number of ether oxygens (including phenoxy) is 2. The third-order valence-electron chi connectivity index (χ3n) is 4.56. The number of amides is 2. The first kappa shape index (κ1) is 22.2. The van der Waals surface area contributed by atoms with Crippen molar-refractivity contribution in [2.24, 2.45) is 0 Å². The van der Waals surface area contributed by atoms with Crippen molar-refractivity contribution < 1.29 is 23.9 Å². The zero-order valence-electron chi connectivity index (χ0n) is 17.3. The van der Waals surface area contributed by atoms with Crippen LogP contribution in [0.1, 0.15) is 29.9 Å². The zero-order valence-corrected chi connectivity index (χ0v) is 18.1. The predicted molar refractivity (Wildman–Crippen MR) is 117 cm³/mol. The highest BCUT2D eigenvalue weighted by Crippen LogP contribution is 2.32. The molecule has 0 aliphatic carbocycles. The maximum Gasteiger partial charge on any atom is 0.426 e. The Morgan fingerprint density at radius 1 is 1.06 bits per heavy atom. The summed E-state index contributed by atoms with van der Waals surface area (Å²) in [5, 5.41) is 1.33. The number of nitrogens with one attached hydrogen (secondary N) is 2. The summed E-state index contributed by atoms with van der Waals surface area (Å²) in [4.78, 5) is 35.4. The predicted octanol–water partition coefficient (Wildman–Crippen LogP) is 3.95. The van der Waals surface area contributed by atoms with Gasteiger partial charge in [-0.2, -0.15) is 0 Å². The van der Waals surface area contributed by atoms with Crippen LogP contribution < -0.4 is 15.6 Å². The summed E-state index contributed by atoms with van der Waals surface area (Å²) < 4.78 is 12.2. The number of hydrazine groups is 1. The SMILES string of the molecule is CCOC(=O)NNC(=O)COc1ccc2c(c1)c(C(C)=O)c(C)n2-c1ccc(Cl)cc1. The van der Waals surface area contributed by atoms with Gasteiger partial charge in [-0.25, -0.2) is 10.2 Å². The van der Waals surface area contributed by atoms with Gasteiger partial charge in [-0.3, -0.25) is 15.0 Å². The number of carbonyl (C=O) groups is 3. The summed E-state index contributed by atoms with van der Waals surface area (Å²) in [7, 11) is 0. The molecule has 9 heteroatoms. The van der Waals surface area contributed by atoms with Crippen LogP contribution in [0.15, 0.2) is 42.5 Å². The molecule has 0 aliphatic heterocycles. The average Bonchev–Trinajstić information content (AvgIpc) is 3.03. The van der Waals surface area contributed by atoms with Gasteiger partial charge in [0.05, 0.1) is 12.1 Å². The number of fused-ring (bicyclic) bond motifs is 1. The van der Waals surface area contributed by atoms with E-state index in [1.807, 2.05) is 29.7 Å². The molecule has 162 valence electrons. The largest absolute Gasteiger partial charge is 0.484 e. The summed E-state index contributed by atoms with van der Waals surface area (Å²) in [5.41, 5.74) is 7.35. The lowest BCUT2D eigenvalue weighted by Gasteiger charge is -2.10. The minimum atomic E-state index is -0.762. The maximum atomic E-state index is 12.4. The molecule has 2 N–H and O–H groups in total. The summed E-state index contributed by atoms with van der Waals surface area (Å²) in [6.07, 6.45) is -0.762. The van der Waals surface area contributed by atoms with Crippen LogP contribution in [0.4, 0.5) is 4.79 Å². The first-order chi connectivity index (χ1) is 14.8. The Labute approximate surface area is 184 Å². The third kappa shape index (κ3) is 4.97. The molecule has 0 spiro atoms. The fourth-order valence-corrected chi connectivity index (χ4v) is 3.45. The second-order valence-corrected chi connectivity index (χ2v) is 7.13. The molecule has 31 heavy (non-hydrogen) atoms. The molecule has 1 heterocycles. The molecule has 0 saturated carbocycles. The number of Topliss-reactive ketones (excluding diaryl/α,β-unsaturated/α-hetero) is 1. The molecule has 0 unspecified atom stereocenters. The van der Waals surface area contributed by atoms with E-state index < -0.39 is 12.0 Å². The first-order valence-corrected chi connectivity index (χ1v) is 9.96. The van der Waals surface area contributed by atoms with E-state index in [0.29, 0.717) is 21.7 Å². The van der Waals surface area contributed by atoms with Crippen LogP contribution in [-0.4, -0.2) is 35.6 Å². The van der Waals surface area contributed by atoms with Crippen molar-refractivity contribution in [3.05, 3.63) is 58.7 Å². The van der Waals surface area contributed by atoms with Crippen LogP contribution in [0.25, 0.3) is 16.6 Å². The number of benzene rings is 2. The molecular formula is C22H22ClN3O5. The molecule has 2 amide bonds. The van der Waals surface area contributed by atoms with Crippen molar-refractivity contribution in [3.8, 4) is 11.4 Å². The van der Waals surface area contributed by atoms with Gasteiger partial charge in [0, 0.05) is 27.4 Å². The van der Waals surface area contributed by atoms with Crippen molar-refractivity contribution in [1.29, 1.82) is 0 Å². The molecule has 0 saturated heterocycles. The van der Waals surface area contributed by atoms with Gasteiger partial charge in [0.25, 0.3) is 5.91 Å². The third-order valence-corrected chi connectivity index (χ3v) is 4.81. The van der Waals surface area contributed by atoms with Gasteiger partial charge in [-0.15, -0.1) is 0 Å². The van der Waals surface area contributed by atoms with Gasteiger partial charge < -0.3 is 14.0 Å².